The molecule has 3 aliphatic rings. The summed E-state index contributed by atoms with van der Waals surface area (Å²) >= 11 is 0. The van der Waals surface area contributed by atoms with Crippen molar-refractivity contribution in [3.05, 3.63) is 35.5 Å². The molecular weight excluding hydrogens is 420 g/mol. The van der Waals surface area contributed by atoms with Gasteiger partial charge in [-0.3, -0.25) is 24.2 Å². The van der Waals surface area contributed by atoms with E-state index in [9.17, 15) is 14.4 Å². The Labute approximate surface area is 195 Å². The first-order chi connectivity index (χ1) is 15.8. The number of rotatable bonds is 6. The Kier molecular flexibility index (Phi) is 7.14. The summed E-state index contributed by atoms with van der Waals surface area (Å²) in [5.74, 6) is 0.321. The van der Waals surface area contributed by atoms with Gasteiger partial charge in [0.15, 0.2) is 0 Å². The molecule has 1 aromatic rings. The van der Waals surface area contributed by atoms with Gasteiger partial charge in [0.05, 0.1) is 18.8 Å². The molecule has 8 heteroatoms. The average molecular weight is 455 g/mol. The summed E-state index contributed by atoms with van der Waals surface area (Å²) in [6.07, 6.45) is 1.12. The fourth-order valence-electron chi connectivity index (χ4n) is 5.16. The molecule has 8 nitrogen and oxygen atoms in total. The normalized spacial score (nSPS) is 24.6. The molecule has 3 aliphatic heterocycles. The Balaban J connectivity index is 1.63. The lowest BCUT2D eigenvalue weighted by Gasteiger charge is -2.37. The minimum atomic E-state index is -0.235. The van der Waals surface area contributed by atoms with E-state index in [1.54, 1.807) is 12.1 Å². The fourth-order valence-corrected chi connectivity index (χ4v) is 5.16. The number of anilines is 1. The molecule has 2 fully saturated rings. The van der Waals surface area contributed by atoms with Crippen LogP contribution in [-0.4, -0.2) is 84.9 Å². The molecule has 3 amide bonds. The molecule has 0 aromatic heterocycles. The number of carbonyl (C=O) groups excluding carboxylic acids is 3. The summed E-state index contributed by atoms with van der Waals surface area (Å²) in [6, 6.07) is 7.18. The third kappa shape index (κ3) is 5.28. The molecule has 0 bridgehead atoms. The molecule has 4 rings (SSSR count). The van der Waals surface area contributed by atoms with E-state index in [4.69, 9.17) is 4.74 Å². The van der Waals surface area contributed by atoms with Crippen molar-refractivity contribution in [1.29, 1.82) is 0 Å². The van der Waals surface area contributed by atoms with Crippen LogP contribution in [0.4, 0.5) is 5.69 Å². The molecule has 0 radical (unpaired) electrons. The quantitative estimate of drug-likeness (QED) is 0.663. The van der Waals surface area contributed by atoms with Gasteiger partial charge in [0.2, 0.25) is 5.91 Å². The third-order valence-corrected chi connectivity index (χ3v) is 6.57. The summed E-state index contributed by atoms with van der Waals surface area (Å²) in [6.45, 7) is 11.4. The van der Waals surface area contributed by atoms with Crippen LogP contribution in [0, 0.1) is 11.8 Å². The lowest BCUT2D eigenvalue weighted by molar-refractivity contribution is -0.138. The zero-order valence-electron chi connectivity index (χ0n) is 19.8. The number of imide groups is 1. The number of nitrogens with zero attached hydrogens (tertiary/aromatic N) is 3. The van der Waals surface area contributed by atoms with Gasteiger partial charge in [0.25, 0.3) is 11.8 Å². The number of benzene rings is 1. The van der Waals surface area contributed by atoms with Crippen molar-refractivity contribution in [1.82, 2.24) is 14.7 Å². The second kappa shape index (κ2) is 10.1. The van der Waals surface area contributed by atoms with Crippen LogP contribution in [0.2, 0.25) is 0 Å². The summed E-state index contributed by atoms with van der Waals surface area (Å²) in [5.41, 5.74) is 2.36. The molecule has 0 aliphatic carbocycles. The van der Waals surface area contributed by atoms with Crippen LogP contribution in [0.5, 0.6) is 0 Å². The lowest BCUT2D eigenvalue weighted by Crippen LogP contribution is -2.45. The predicted molar refractivity (Wildman–Crippen MR) is 126 cm³/mol. The largest absolute Gasteiger partial charge is 0.379 e. The van der Waals surface area contributed by atoms with Gasteiger partial charge in [-0.25, -0.2) is 0 Å². The lowest BCUT2D eigenvalue weighted by atomic mass is 9.91. The van der Waals surface area contributed by atoms with E-state index in [-0.39, 0.29) is 17.7 Å². The van der Waals surface area contributed by atoms with Gasteiger partial charge in [-0.15, -0.1) is 0 Å². The Hall–Kier alpha value is -2.71. The first kappa shape index (κ1) is 23.4. The summed E-state index contributed by atoms with van der Waals surface area (Å²) in [5, 5.41) is 2.75. The zero-order valence-corrected chi connectivity index (χ0v) is 19.8. The van der Waals surface area contributed by atoms with Crippen LogP contribution >= 0.6 is 0 Å². The van der Waals surface area contributed by atoms with E-state index >= 15 is 0 Å². The van der Waals surface area contributed by atoms with Gasteiger partial charge in [-0.2, -0.15) is 0 Å². The maximum Gasteiger partial charge on any atom is 0.277 e. The Morgan fingerprint density at radius 1 is 1.00 bits per heavy atom. The highest BCUT2D eigenvalue weighted by molar-refractivity contribution is 6.35. The fraction of sp³-hybridized carbons (Fsp3) is 0.560. The predicted octanol–water partition coefficient (Wildman–Crippen LogP) is 2.04. The van der Waals surface area contributed by atoms with E-state index in [2.05, 4.69) is 29.0 Å². The van der Waals surface area contributed by atoms with Crippen molar-refractivity contribution in [2.24, 2.45) is 11.8 Å². The highest BCUT2D eigenvalue weighted by Crippen LogP contribution is 2.35. The summed E-state index contributed by atoms with van der Waals surface area (Å²) in [4.78, 5) is 44.3. The molecule has 1 N–H and O–H groups in total. The van der Waals surface area contributed by atoms with Crippen LogP contribution in [0.15, 0.2) is 30.0 Å². The van der Waals surface area contributed by atoms with Gasteiger partial charge in [0.1, 0.15) is 5.70 Å². The molecule has 1 aromatic carbocycles. The van der Waals surface area contributed by atoms with Crippen molar-refractivity contribution < 1.29 is 19.1 Å². The second-order valence-corrected chi connectivity index (χ2v) is 9.55. The number of hydrogen-bond donors (Lipinski definition) is 1. The number of morpholine rings is 1. The van der Waals surface area contributed by atoms with Crippen LogP contribution in [0.3, 0.4) is 0 Å². The maximum absolute atomic E-state index is 13.6. The van der Waals surface area contributed by atoms with Gasteiger partial charge >= 0.3 is 0 Å². The van der Waals surface area contributed by atoms with Gasteiger partial charge in [0, 0.05) is 51.9 Å². The average Bonchev–Trinajstić information content (AvgIpc) is 3.02. The van der Waals surface area contributed by atoms with Crippen LogP contribution in [0.1, 0.15) is 32.8 Å². The summed E-state index contributed by atoms with van der Waals surface area (Å²) in [7, 11) is 0. The molecule has 0 spiro atoms. The molecular formula is C25H34N4O4. The van der Waals surface area contributed by atoms with E-state index in [0.717, 1.165) is 32.6 Å². The highest BCUT2D eigenvalue weighted by Gasteiger charge is 2.42. The van der Waals surface area contributed by atoms with E-state index in [1.807, 2.05) is 12.1 Å². The van der Waals surface area contributed by atoms with Crippen molar-refractivity contribution in [2.45, 2.75) is 27.2 Å². The topological polar surface area (TPSA) is 82.2 Å². The van der Waals surface area contributed by atoms with Gasteiger partial charge in [-0.05, 0) is 36.0 Å². The van der Waals surface area contributed by atoms with Crippen LogP contribution in [0.25, 0.3) is 5.57 Å². The molecule has 178 valence electrons. The van der Waals surface area contributed by atoms with E-state index < -0.39 is 0 Å². The minimum absolute atomic E-state index is 0.152. The maximum atomic E-state index is 13.6. The van der Waals surface area contributed by atoms with Crippen molar-refractivity contribution in [3.8, 4) is 0 Å². The highest BCUT2D eigenvalue weighted by atomic mass is 16.5. The third-order valence-electron chi connectivity index (χ3n) is 6.57. The minimum Gasteiger partial charge on any atom is -0.379 e. The van der Waals surface area contributed by atoms with E-state index in [1.165, 1.54) is 11.8 Å². The van der Waals surface area contributed by atoms with Crippen LogP contribution < -0.4 is 5.32 Å². The molecule has 2 unspecified atom stereocenters. The number of piperidine rings is 1. The molecule has 2 atom stereocenters. The van der Waals surface area contributed by atoms with Crippen molar-refractivity contribution in [2.75, 3.05) is 57.8 Å². The Morgan fingerprint density at radius 3 is 2.24 bits per heavy atom. The molecule has 0 saturated carbocycles. The number of ether oxygens (including phenoxy) is 1. The van der Waals surface area contributed by atoms with E-state index in [0.29, 0.717) is 60.7 Å². The van der Waals surface area contributed by atoms with Gasteiger partial charge in [-0.1, -0.05) is 26.0 Å². The first-order valence-corrected chi connectivity index (χ1v) is 11.9. The monoisotopic (exact) mass is 454 g/mol. The smallest absolute Gasteiger partial charge is 0.277 e. The Morgan fingerprint density at radius 2 is 1.64 bits per heavy atom. The standard InChI is InChI=1S/C25H34N4O4/c1-17-14-18(2)16-28(15-17)23-22(20-4-6-21(7-5-20)26-19(3)30)24(31)29(25(23)32)9-8-27-10-12-33-13-11-27/h4-7,17-18H,8-16H2,1-3H3,(H,26,30). The molecule has 3 heterocycles. The Bertz CT molecular complexity index is 926. The summed E-state index contributed by atoms with van der Waals surface area (Å²) < 4.78 is 5.41. The van der Waals surface area contributed by atoms with Crippen LogP contribution in [-0.2, 0) is 19.1 Å². The van der Waals surface area contributed by atoms with Crippen molar-refractivity contribution >= 4 is 29.0 Å². The number of carbonyl (C=O) groups is 3. The van der Waals surface area contributed by atoms with Gasteiger partial charge < -0.3 is 15.0 Å². The number of likely N-dealkylation sites (tertiary alicyclic amines) is 1. The van der Waals surface area contributed by atoms with Crippen molar-refractivity contribution in [3.63, 3.8) is 0 Å². The number of amides is 3. The SMILES string of the molecule is CC(=O)Nc1ccc(C2=C(N3CC(C)CC(C)C3)C(=O)N(CCN3CCOCC3)C2=O)cc1. The zero-order chi connectivity index (χ0) is 23.5. The molecule has 2 saturated heterocycles. The number of nitrogens with one attached hydrogen (secondary N) is 1. The first-order valence-electron chi connectivity index (χ1n) is 11.9. The second-order valence-electron chi connectivity index (χ2n) is 9.55. The number of hydrogen-bond acceptors (Lipinski definition) is 6. The molecule has 33 heavy (non-hydrogen) atoms.